The second kappa shape index (κ2) is 9.46. The molecule has 2 aliphatic rings. The smallest absolute Gasteiger partial charge is 0.192 e. The van der Waals surface area contributed by atoms with E-state index in [0.717, 1.165) is 5.56 Å². The highest BCUT2D eigenvalue weighted by atomic mass is 28.4. The van der Waals surface area contributed by atoms with Crippen LogP contribution in [-0.4, -0.2) is 59.1 Å². The molecule has 0 amide bonds. The molecule has 8 heteroatoms. The van der Waals surface area contributed by atoms with Crippen molar-refractivity contribution in [1.82, 2.24) is 0 Å². The first-order valence-electron chi connectivity index (χ1n) is 12.0. The van der Waals surface area contributed by atoms with Crippen LogP contribution < -0.4 is 0 Å². The summed E-state index contributed by atoms with van der Waals surface area (Å²) >= 11 is 0. The highest BCUT2D eigenvalue weighted by Gasteiger charge is 2.55. The van der Waals surface area contributed by atoms with Crippen LogP contribution in [0.1, 0.15) is 53.4 Å². The van der Waals surface area contributed by atoms with Crippen molar-refractivity contribution in [3.8, 4) is 0 Å². The molecule has 0 aliphatic carbocycles. The zero-order chi connectivity index (χ0) is 24.8. The Kier molecular flexibility index (Phi) is 7.74. The number of rotatable bonds is 5. The van der Waals surface area contributed by atoms with Gasteiger partial charge >= 0.3 is 0 Å². The van der Waals surface area contributed by atoms with Gasteiger partial charge in [-0.2, -0.15) is 0 Å². The number of hydrogen-bond donors (Lipinski definition) is 1. The van der Waals surface area contributed by atoms with E-state index in [1.165, 1.54) is 0 Å². The predicted molar refractivity (Wildman–Crippen MR) is 135 cm³/mol. The number of aliphatic hydroxyl groups excluding tert-OH is 1. The molecule has 2 heterocycles. The normalized spacial score (nSPS) is 31.8. The molecule has 33 heavy (non-hydrogen) atoms. The summed E-state index contributed by atoms with van der Waals surface area (Å²) in [4.78, 5) is 0. The summed E-state index contributed by atoms with van der Waals surface area (Å²) in [6.07, 6.45) is -3.52. The number of aliphatic hydroxyl groups is 1. The Balaban J connectivity index is 1.96. The van der Waals surface area contributed by atoms with Crippen LogP contribution in [0.4, 0.5) is 0 Å². The van der Waals surface area contributed by atoms with Gasteiger partial charge in [0.2, 0.25) is 0 Å². The van der Waals surface area contributed by atoms with Gasteiger partial charge in [0, 0.05) is 5.56 Å². The molecule has 0 spiro atoms. The van der Waals surface area contributed by atoms with Gasteiger partial charge in [0.1, 0.15) is 24.4 Å². The molecule has 3 rings (SSSR count). The zero-order valence-electron chi connectivity index (χ0n) is 22.0. The van der Waals surface area contributed by atoms with Gasteiger partial charge in [-0.15, -0.1) is 0 Å². The lowest BCUT2D eigenvalue weighted by Gasteiger charge is -2.53. The van der Waals surface area contributed by atoms with E-state index in [4.69, 9.17) is 23.1 Å². The Labute approximate surface area is 202 Å². The molecule has 2 saturated heterocycles. The van der Waals surface area contributed by atoms with Gasteiger partial charge in [-0.3, -0.25) is 0 Å². The van der Waals surface area contributed by atoms with Crippen molar-refractivity contribution < 1.29 is 28.2 Å². The quantitative estimate of drug-likeness (QED) is 0.535. The lowest BCUT2D eigenvalue weighted by Crippen LogP contribution is -2.67. The Morgan fingerprint density at radius 2 is 1.33 bits per heavy atom. The van der Waals surface area contributed by atoms with Gasteiger partial charge < -0.3 is 28.2 Å². The molecule has 0 saturated carbocycles. The van der Waals surface area contributed by atoms with Gasteiger partial charge in [0.25, 0.3) is 0 Å². The van der Waals surface area contributed by atoms with Gasteiger partial charge in [-0.25, -0.2) is 0 Å². The van der Waals surface area contributed by atoms with Crippen LogP contribution in [0.15, 0.2) is 30.3 Å². The summed E-state index contributed by atoms with van der Waals surface area (Å²) in [7, 11) is -4.44. The Morgan fingerprint density at radius 1 is 0.818 bits per heavy atom. The Hall–Kier alpha value is -0.586. The maximum absolute atomic E-state index is 11.1. The van der Waals surface area contributed by atoms with E-state index in [1.54, 1.807) is 0 Å². The second-order valence-corrected chi connectivity index (χ2v) is 21.9. The Morgan fingerprint density at radius 3 is 1.85 bits per heavy atom. The summed E-state index contributed by atoms with van der Waals surface area (Å²) in [6, 6.07) is 9.92. The van der Waals surface area contributed by atoms with E-state index < -0.39 is 53.6 Å². The standard InChI is InChI=1S/C25H44O6Si2/c1-24(2,3)32(7,8)30-20-19-18(16-27-23(29-19)17-14-12-11-13-15-17)28-22(26)21(20)31-33(9,10)25(4,5)6/h11-15,18-23,26H,16H2,1-10H3/t18-,19-,20+,21-,22?,23-/m1/s1. The molecule has 1 aromatic rings. The lowest BCUT2D eigenvalue weighted by molar-refractivity contribution is -0.350. The van der Waals surface area contributed by atoms with E-state index in [-0.39, 0.29) is 10.1 Å². The molecule has 1 unspecified atom stereocenters. The topological polar surface area (TPSA) is 66.4 Å². The molecule has 2 aliphatic heterocycles. The monoisotopic (exact) mass is 496 g/mol. The van der Waals surface area contributed by atoms with Crippen molar-refractivity contribution in [3.05, 3.63) is 35.9 Å². The van der Waals surface area contributed by atoms with Crippen LogP contribution in [0, 0.1) is 0 Å². The van der Waals surface area contributed by atoms with Crippen LogP contribution in [0.25, 0.3) is 0 Å². The van der Waals surface area contributed by atoms with Gasteiger partial charge in [-0.1, -0.05) is 71.9 Å². The number of fused-ring (bicyclic) bond motifs is 1. The molecule has 0 radical (unpaired) electrons. The van der Waals surface area contributed by atoms with E-state index in [9.17, 15) is 5.11 Å². The van der Waals surface area contributed by atoms with Crippen molar-refractivity contribution in [2.45, 2.75) is 115 Å². The molecular weight excluding hydrogens is 452 g/mol. The van der Waals surface area contributed by atoms with E-state index in [2.05, 4.69) is 67.7 Å². The van der Waals surface area contributed by atoms with Crippen LogP contribution in [-0.2, 0) is 23.1 Å². The molecular formula is C25H44O6Si2. The first-order chi connectivity index (χ1) is 15.0. The second-order valence-electron chi connectivity index (χ2n) is 12.4. The predicted octanol–water partition coefficient (Wildman–Crippen LogP) is 5.60. The van der Waals surface area contributed by atoms with E-state index in [0.29, 0.717) is 6.61 Å². The third-order valence-electron chi connectivity index (χ3n) is 7.85. The van der Waals surface area contributed by atoms with Crippen molar-refractivity contribution in [1.29, 1.82) is 0 Å². The molecule has 188 valence electrons. The van der Waals surface area contributed by atoms with Crippen molar-refractivity contribution in [2.75, 3.05) is 6.61 Å². The minimum absolute atomic E-state index is 0.00270. The molecule has 6 nitrogen and oxygen atoms in total. The first-order valence-corrected chi connectivity index (χ1v) is 17.9. The minimum atomic E-state index is -2.23. The van der Waals surface area contributed by atoms with Crippen LogP contribution >= 0.6 is 0 Å². The SMILES string of the molecule is CC(C)(C)[Si](C)(C)O[C@H]1[C@@H]2O[C@H](c3ccccc3)OC[C@H]2OC(O)[C@@H]1O[Si](C)(C)C(C)(C)C. The summed E-state index contributed by atoms with van der Waals surface area (Å²) < 4.78 is 32.2. The first kappa shape index (κ1) is 27.0. The molecule has 0 aromatic heterocycles. The van der Waals surface area contributed by atoms with Crippen molar-refractivity contribution >= 4 is 16.6 Å². The molecule has 2 fully saturated rings. The van der Waals surface area contributed by atoms with Crippen molar-refractivity contribution in [2.24, 2.45) is 0 Å². The fourth-order valence-electron chi connectivity index (χ4n) is 3.64. The third kappa shape index (κ3) is 5.81. The van der Waals surface area contributed by atoms with Crippen LogP contribution in [0.5, 0.6) is 0 Å². The summed E-state index contributed by atoms with van der Waals surface area (Å²) in [6.45, 7) is 22.4. The van der Waals surface area contributed by atoms with E-state index >= 15 is 0 Å². The average molecular weight is 497 g/mol. The highest BCUT2D eigenvalue weighted by Crippen LogP contribution is 2.44. The van der Waals surface area contributed by atoms with Crippen LogP contribution in [0.2, 0.25) is 36.3 Å². The molecule has 1 N–H and O–H groups in total. The maximum Gasteiger partial charge on any atom is 0.192 e. The summed E-state index contributed by atoms with van der Waals surface area (Å²) in [5, 5.41) is 11.1. The zero-order valence-corrected chi connectivity index (χ0v) is 24.0. The summed E-state index contributed by atoms with van der Waals surface area (Å²) in [5.41, 5.74) is 0.954. The minimum Gasteiger partial charge on any atom is -0.408 e. The van der Waals surface area contributed by atoms with Gasteiger partial charge in [0.15, 0.2) is 29.2 Å². The van der Waals surface area contributed by atoms with Crippen molar-refractivity contribution in [3.63, 3.8) is 0 Å². The largest absolute Gasteiger partial charge is 0.408 e. The number of ether oxygens (including phenoxy) is 3. The fraction of sp³-hybridized carbons (Fsp3) is 0.760. The third-order valence-corrected chi connectivity index (χ3v) is 16.8. The van der Waals surface area contributed by atoms with E-state index in [1.807, 2.05) is 30.3 Å². The fourth-order valence-corrected chi connectivity index (χ4v) is 6.22. The number of benzene rings is 1. The molecule has 1 aromatic carbocycles. The lowest BCUT2D eigenvalue weighted by atomic mass is 9.98. The molecule has 0 bridgehead atoms. The maximum atomic E-state index is 11.1. The van der Waals surface area contributed by atoms with Gasteiger partial charge in [0.05, 0.1) is 6.61 Å². The Bertz CT molecular complexity index is 786. The van der Waals surface area contributed by atoms with Gasteiger partial charge in [-0.05, 0) is 36.3 Å². The van der Waals surface area contributed by atoms with Crippen LogP contribution in [0.3, 0.4) is 0 Å². The molecule has 6 atom stereocenters. The average Bonchev–Trinajstić information content (AvgIpc) is 2.69. The number of hydrogen-bond acceptors (Lipinski definition) is 6. The highest BCUT2D eigenvalue weighted by molar-refractivity contribution is 6.74. The summed E-state index contributed by atoms with van der Waals surface area (Å²) in [5.74, 6) is 0.